The quantitative estimate of drug-likeness (QED) is 0.645. The van der Waals surface area contributed by atoms with Gasteiger partial charge in [-0.15, -0.1) is 0 Å². The van der Waals surface area contributed by atoms with E-state index in [1.807, 2.05) is 0 Å². The molecule has 7 nitrogen and oxygen atoms in total. The van der Waals surface area contributed by atoms with Crippen molar-refractivity contribution in [2.75, 3.05) is 17.3 Å². The van der Waals surface area contributed by atoms with Gasteiger partial charge in [0, 0.05) is 31.3 Å². The molecule has 1 aliphatic rings. The summed E-state index contributed by atoms with van der Waals surface area (Å²) in [5.41, 5.74) is 0.0737. The molecule has 9 heteroatoms. The zero-order valence-electron chi connectivity index (χ0n) is 12.9. The molecule has 0 atom stereocenters. The van der Waals surface area contributed by atoms with E-state index >= 15 is 0 Å². The van der Waals surface area contributed by atoms with Crippen molar-refractivity contribution in [1.29, 1.82) is 0 Å². The van der Waals surface area contributed by atoms with E-state index < -0.39 is 16.6 Å². The average Bonchev–Trinajstić information content (AvgIpc) is 3.33. The van der Waals surface area contributed by atoms with Gasteiger partial charge in [-0.1, -0.05) is 6.07 Å². The van der Waals surface area contributed by atoms with Crippen LogP contribution in [0.1, 0.15) is 18.4 Å². The highest BCUT2D eigenvalue weighted by Crippen LogP contribution is 2.30. The third kappa shape index (κ3) is 3.55. The van der Waals surface area contributed by atoms with Crippen LogP contribution in [0.15, 0.2) is 24.4 Å². The van der Waals surface area contributed by atoms with E-state index in [0.717, 1.165) is 25.1 Å². The molecule has 0 amide bonds. The maximum absolute atomic E-state index is 13.7. The number of rotatable bonds is 6. The minimum absolute atomic E-state index is 0.104. The predicted molar refractivity (Wildman–Crippen MR) is 83.8 cm³/mol. The molecule has 1 saturated carbocycles. The van der Waals surface area contributed by atoms with E-state index in [4.69, 9.17) is 0 Å². The molecule has 1 heterocycles. The van der Waals surface area contributed by atoms with Crippen LogP contribution >= 0.6 is 0 Å². The van der Waals surface area contributed by atoms with Crippen LogP contribution in [0.3, 0.4) is 0 Å². The first-order valence-electron chi connectivity index (χ1n) is 7.37. The molecule has 0 saturated heterocycles. The Kier molecular flexibility index (Phi) is 4.24. The van der Waals surface area contributed by atoms with Crippen LogP contribution in [-0.2, 0) is 6.54 Å². The smallest absolute Gasteiger partial charge is 0.329 e. The lowest BCUT2D eigenvalue weighted by molar-refractivity contribution is -0.384. The summed E-state index contributed by atoms with van der Waals surface area (Å²) < 4.78 is 26.7. The maximum atomic E-state index is 13.7. The van der Waals surface area contributed by atoms with Crippen LogP contribution in [-0.4, -0.2) is 28.0 Å². The monoisotopic (exact) mass is 335 g/mol. The zero-order chi connectivity index (χ0) is 17.3. The Balaban J connectivity index is 1.83. The summed E-state index contributed by atoms with van der Waals surface area (Å²) in [5, 5.41) is 14.1. The van der Waals surface area contributed by atoms with Gasteiger partial charge in [-0.3, -0.25) is 10.1 Å². The molecular formula is C15H15F2N5O2. The summed E-state index contributed by atoms with van der Waals surface area (Å²) in [5.74, 6) is -0.951. The molecule has 1 aromatic carbocycles. The minimum Gasteiger partial charge on any atom is -0.361 e. The number of hydrogen-bond acceptors (Lipinski definition) is 6. The highest BCUT2D eigenvalue weighted by Gasteiger charge is 2.27. The van der Waals surface area contributed by atoms with Crippen LogP contribution < -0.4 is 10.2 Å². The van der Waals surface area contributed by atoms with Crippen molar-refractivity contribution < 1.29 is 13.7 Å². The van der Waals surface area contributed by atoms with E-state index in [1.54, 1.807) is 7.05 Å². The largest absolute Gasteiger partial charge is 0.361 e. The number of nitrogens with zero attached hydrogens (tertiary/aromatic N) is 4. The van der Waals surface area contributed by atoms with Crippen molar-refractivity contribution in [3.63, 3.8) is 0 Å². The minimum atomic E-state index is -0.667. The highest BCUT2D eigenvalue weighted by molar-refractivity contribution is 5.58. The zero-order valence-corrected chi connectivity index (χ0v) is 12.9. The molecule has 1 aliphatic carbocycles. The Bertz CT molecular complexity index is 782. The van der Waals surface area contributed by atoms with Crippen LogP contribution in [0.4, 0.5) is 26.2 Å². The van der Waals surface area contributed by atoms with Crippen LogP contribution in [0.25, 0.3) is 0 Å². The average molecular weight is 335 g/mol. The van der Waals surface area contributed by atoms with E-state index in [0.29, 0.717) is 0 Å². The Hall–Kier alpha value is -2.84. The Morgan fingerprint density at radius 3 is 2.79 bits per heavy atom. The molecule has 24 heavy (non-hydrogen) atoms. The fourth-order valence-electron chi connectivity index (χ4n) is 2.19. The topological polar surface area (TPSA) is 84.2 Å². The number of halogens is 2. The molecule has 0 bridgehead atoms. The van der Waals surface area contributed by atoms with Crippen molar-refractivity contribution in [1.82, 2.24) is 9.97 Å². The Morgan fingerprint density at radius 2 is 2.17 bits per heavy atom. The normalized spacial score (nSPS) is 13.6. The summed E-state index contributed by atoms with van der Waals surface area (Å²) in [6.07, 6.45) is 3.00. The molecule has 3 rings (SSSR count). The first-order valence-corrected chi connectivity index (χ1v) is 7.37. The van der Waals surface area contributed by atoms with E-state index in [2.05, 4.69) is 15.3 Å². The van der Waals surface area contributed by atoms with Gasteiger partial charge in [0.05, 0.1) is 4.92 Å². The van der Waals surface area contributed by atoms with Gasteiger partial charge < -0.3 is 10.2 Å². The summed E-state index contributed by atoms with van der Waals surface area (Å²) in [4.78, 5) is 20.2. The molecule has 0 radical (unpaired) electrons. The highest BCUT2D eigenvalue weighted by atomic mass is 19.1. The van der Waals surface area contributed by atoms with E-state index in [-0.39, 0.29) is 35.6 Å². The van der Waals surface area contributed by atoms with Gasteiger partial charge in [-0.25, -0.2) is 13.8 Å². The second-order valence-electron chi connectivity index (χ2n) is 5.67. The number of nitrogens with one attached hydrogen (secondary N) is 1. The van der Waals surface area contributed by atoms with Crippen molar-refractivity contribution in [2.45, 2.75) is 25.4 Å². The molecule has 126 valence electrons. The van der Waals surface area contributed by atoms with Crippen LogP contribution in [0, 0.1) is 21.7 Å². The first kappa shape index (κ1) is 16.0. The van der Waals surface area contributed by atoms with Gasteiger partial charge in [0.2, 0.25) is 11.8 Å². The van der Waals surface area contributed by atoms with Crippen molar-refractivity contribution in [3.05, 3.63) is 51.7 Å². The second-order valence-corrected chi connectivity index (χ2v) is 5.67. The SMILES string of the molecule is CN(Cc1ccc(F)cc1F)c1ncc([N+](=O)[O-])c(NC2CC2)n1. The van der Waals surface area contributed by atoms with Gasteiger partial charge in [-0.2, -0.15) is 4.98 Å². The molecule has 1 N–H and O–H groups in total. The van der Waals surface area contributed by atoms with E-state index in [9.17, 15) is 18.9 Å². The van der Waals surface area contributed by atoms with Crippen LogP contribution in [0.2, 0.25) is 0 Å². The summed E-state index contributed by atoms with van der Waals surface area (Å²) in [6, 6.07) is 3.50. The standard InChI is InChI=1S/C15H15F2N5O2/c1-21(8-9-2-3-10(16)6-12(9)17)15-18-7-13(22(23)24)14(20-15)19-11-4-5-11/h2-3,6-7,11H,4-5,8H2,1H3,(H,18,19,20). The Morgan fingerprint density at radius 1 is 1.42 bits per heavy atom. The van der Waals surface area contributed by atoms with Crippen LogP contribution in [0.5, 0.6) is 0 Å². The number of nitro groups is 1. The number of aromatic nitrogens is 2. The van der Waals surface area contributed by atoms with E-state index in [1.165, 1.54) is 17.0 Å². The fraction of sp³-hybridized carbons (Fsp3) is 0.333. The fourth-order valence-corrected chi connectivity index (χ4v) is 2.19. The van der Waals surface area contributed by atoms with Gasteiger partial charge in [0.1, 0.15) is 17.8 Å². The molecule has 0 unspecified atom stereocenters. The third-order valence-corrected chi connectivity index (χ3v) is 3.64. The summed E-state index contributed by atoms with van der Waals surface area (Å²) in [6.45, 7) is 0.104. The van der Waals surface area contributed by atoms with Gasteiger partial charge in [-0.05, 0) is 18.9 Å². The molecule has 1 fully saturated rings. The summed E-state index contributed by atoms with van der Waals surface area (Å²) in [7, 11) is 1.63. The number of anilines is 2. The molecule has 1 aromatic heterocycles. The predicted octanol–water partition coefficient (Wildman–Crippen LogP) is 2.87. The molecule has 0 aliphatic heterocycles. The van der Waals surface area contributed by atoms with Crippen molar-refractivity contribution in [3.8, 4) is 0 Å². The van der Waals surface area contributed by atoms with Crippen molar-refractivity contribution >= 4 is 17.5 Å². The van der Waals surface area contributed by atoms with Gasteiger partial charge in [0.15, 0.2) is 0 Å². The lowest BCUT2D eigenvalue weighted by atomic mass is 10.2. The lowest BCUT2D eigenvalue weighted by Gasteiger charge is -2.18. The van der Waals surface area contributed by atoms with Gasteiger partial charge in [0.25, 0.3) is 0 Å². The maximum Gasteiger partial charge on any atom is 0.329 e. The molecular weight excluding hydrogens is 320 g/mol. The molecule has 0 spiro atoms. The number of benzene rings is 1. The van der Waals surface area contributed by atoms with Gasteiger partial charge >= 0.3 is 5.69 Å². The third-order valence-electron chi connectivity index (χ3n) is 3.64. The molecule has 2 aromatic rings. The van der Waals surface area contributed by atoms with Crippen molar-refractivity contribution in [2.24, 2.45) is 0 Å². The first-order chi connectivity index (χ1) is 11.4. The Labute approximate surface area is 136 Å². The summed E-state index contributed by atoms with van der Waals surface area (Å²) >= 11 is 0. The number of hydrogen-bond donors (Lipinski definition) is 1. The second kappa shape index (κ2) is 6.34. The lowest BCUT2D eigenvalue weighted by Crippen LogP contribution is -2.21.